The molecule has 2 saturated heterocycles. The summed E-state index contributed by atoms with van der Waals surface area (Å²) < 4.78 is 57.2. The van der Waals surface area contributed by atoms with Crippen molar-refractivity contribution in [2.75, 3.05) is 39.4 Å². The van der Waals surface area contributed by atoms with Crippen molar-refractivity contribution in [2.24, 2.45) is 5.92 Å². The minimum absolute atomic E-state index is 0.125. The predicted octanol–water partition coefficient (Wildman–Crippen LogP) is 4.99. The Hall–Kier alpha value is -2.95. The van der Waals surface area contributed by atoms with Crippen LogP contribution in [0.15, 0.2) is 24.3 Å². The Labute approximate surface area is 214 Å². The molecule has 0 bridgehead atoms. The molecule has 2 atom stereocenters. The molecule has 2 aliphatic rings. The molecule has 1 N–H and O–H groups in total. The van der Waals surface area contributed by atoms with Gasteiger partial charge in [-0.15, -0.1) is 0 Å². The van der Waals surface area contributed by atoms with E-state index < -0.39 is 36.3 Å². The van der Waals surface area contributed by atoms with Crippen molar-refractivity contribution in [3.05, 3.63) is 30.0 Å². The van der Waals surface area contributed by atoms with E-state index in [1.807, 2.05) is 0 Å². The molecule has 8 nitrogen and oxygen atoms in total. The molecule has 4 rings (SSSR count). The molecule has 1 aromatic carbocycles. The number of rotatable bonds is 5. The minimum atomic E-state index is -4.44. The number of aromatic nitrogens is 1. The van der Waals surface area contributed by atoms with Crippen LogP contribution in [-0.2, 0) is 9.47 Å². The van der Waals surface area contributed by atoms with Crippen LogP contribution in [0, 0.1) is 5.92 Å². The van der Waals surface area contributed by atoms with Crippen LogP contribution in [0.4, 0.5) is 18.0 Å². The first-order valence-electron chi connectivity index (χ1n) is 12.6. The Bertz CT molecular complexity index is 1110. The first-order chi connectivity index (χ1) is 17.4. The molecule has 204 valence electrons. The van der Waals surface area contributed by atoms with E-state index in [-0.39, 0.29) is 18.2 Å². The van der Waals surface area contributed by atoms with Crippen LogP contribution in [-0.4, -0.2) is 84.1 Å². The number of hydrogen-bond acceptors (Lipinski definition) is 5. The molecule has 11 heteroatoms. The molecule has 0 aliphatic carbocycles. The standard InChI is InChI=1S/C26H34F3N3O5/c1-25(2,3)37-24(34)32-8-4-5-17(16-32)22(15-26(27,28)29)36-19-6-7-20-18(13-19)14-21(30-20)23(33)31-9-11-35-12-10-31/h6-7,13-14,17,22,30H,4-5,8-12,15-16H2,1-3H3/t17-,22?/m1/s1. The second-order valence-corrected chi connectivity index (χ2v) is 10.6. The first-order valence-corrected chi connectivity index (χ1v) is 12.6. The second kappa shape index (κ2) is 10.8. The van der Waals surface area contributed by atoms with E-state index in [9.17, 15) is 22.8 Å². The van der Waals surface area contributed by atoms with Crippen molar-refractivity contribution in [1.82, 2.24) is 14.8 Å². The van der Waals surface area contributed by atoms with Gasteiger partial charge in [-0.05, 0) is 57.9 Å². The number of nitrogens with one attached hydrogen (secondary N) is 1. The van der Waals surface area contributed by atoms with Crippen molar-refractivity contribution in [2.45, 2.75) is 57.9 Å². The summed E-state index contributed by atoms with van der Waals surface area (Å²) >= 11 is 0. The Kier molecular flexibility index (Phi) is 7.91. The lowest BCUT2D eigenvalue weighted by molar-refractivity contribution is -0.157. The number of halogens is 3. The summed E-state index contributed by atoms with van der Waals surface area (Å²) in [6.07, 6.45) is -6.21. The number of amides is 2. The third-order valence-corrected chi connectivity index (χ3v) is 6.48. The van der Waals surface area contributed by atoms with E-state index >= 15 is 0 Å². The lowest BCUT2D eigenvalue weighted by Crippen LogP contribution is -2.47. The quantitative estimate of drug-likeness (QED) is 0.595. The van der Waals surface area contributed by atoms with Crippen LogP contribution in [0.1, 0.15) is 50.5 Å². The maximum Gasteiger partial charge on any atom is 0.410 e. The summed E-state index contributed by atoms with van der Waals surface area (Å²) in [6, 6.07) is 6.61. The zero-order chi connectivity index (χ0) is 26.8. The number of fused-ring (bicyclic) bond motifs is 1. The molecule has 2 fully saturated rings. The fourth-order valence-electron chi connectivity index (χ4n) is 4.75. The average molecular weight is 526 g/mol. The highest BCUT2D eigenvalue weighted by Gasteiger charge is 2.40. The third-order valence-electron chi connectivity index (χ3n) is 6.48. The van der Waals surface area contributed by atoms with Gasteiger partial charge in [-0.3, -0.25) is 4.79 Å². The Balaban J connectivity index is 1.50. The number of alkyl halides is 3. The summed E-state index contributed by atoms with van der Waals surface area (Å²) in [4.78, 5) is 31.6. The Morgan fingerprint density at radius 2 is 1.84 bits per heavy atom. The van der Waals surface area contributed by atoms with Crippen LogP contribution >= 0.6 is 0 Å². The van der Waals surface area contributed by atoms with Gasteiger partial charge in [-0.25, -0.2) is 4.79 Å². The molecular weight excluding hydrogens is 491 g/mol. The number of piperidine rings is 1. The molecule has 0 spiro atoms. The largest absolute Gasteiger partial charge is 0.490 e. The molecule has 2 aliphatic heterocycles. The zero-order valence-corrected chi connectivity index (χ0v) is 21.4. The SMILES string of the molecule is CC(C)(C)OC(=O)N1CCC[C@@H](C(CC(F)(F)F)Oc2ccc3[nH]c(C(=O)N4CCOCC4)cc3c2)C1. The van der Waals surface area contributed by atoms with Gasteiger partial charge in [0.05, 0.1) is 19.6 Å². The predicted molar refractivity (Wildman–Crippen MR) is 131 cm³/mol. The summed E-state index contributed by atoms with van der Waals surface area (Å²) in [7, 11) is 0. The van der Waals surface area contributed by atoms with Crippen molar-refractivity contribution >= 4 is 22.9 Å². The molecule has 37 heavy (non-hydrogen) atoms. The minimum Gasteiger partial charge on any atom is -0.490 e. The fourth-order valence-corrected chi connectivity index (χ4v) is 4.75. The van der Waals surface area contributed by atoms with E-state index in [2.05, 4.69) is 4.98 Å². The number of H-pyrrole nitrogens is 1. The molecule has 1 aromatic heterocycles. The van der Waals surface area contributed by atoms with E-state index in [0.717, 1.165) is 0 Å². The molecule has 2 amide bonds. The first kappa shape index (κ1) is 27.1. The highest BCUT2D eigenvalue weighted by atomic mass is 19.4. The molecule has 1 unspecified atom stereocenters. The van der Waals surface area contributed by atoms with Crippen LogP contribution in [0.5, 0.6) is 5.75 Å². The van der Waals surface area contributed by atoms with Crippen LogP contribution in [0.3, 0.4) is 0 Å². The van der Waals surface area contributed by atoms with E-state index in [1.165, 1.54) is 4.90 Å². The van der Waals surface area contributed by atoms with E-state index in [4.69, 9.17) is 14.2 Å². The average Bonchev–Trinajstić information content (AvgIpc) is 3.25. The summed E-state index contributed by atoms with van der Waals surface area (Å²) in [5.41, 5.74) is 0.395. The number of aromatic amines is 1. The van der Waals surface area contributed by atoms with Crippen molar-refractivity contribution in [3.8, 4) is 5.75 Å². The van der Waals surface area contributed by atoms with Gasteiger partial charge >= 0.3 is 12.3 Å². The van der Waals surface area contributed by atoms with E-state index in [1.54, 1.807) is 49.9 Å². The summed E-state index contributed by atoms with van der Waals surface area (Å²) in [5.74, 6) is -0.384. The Morgan fingerprint density at radius 3 is 2.51 bits per heavy atom. The number of nitrogens with zero attached hydrogens (tertiary/aromatic N) is 2. The van der Waals surface area contributed by atoms with Crippen LogP contribution < -0.4 is 4.74 Å². The number of morpholine rings is 1. The number of carbonyl (C=O) groups is 2. The lowest BCUT2D eigenvalue weighted by Gasteiger charge is -2.37. The highest BCUT2D eigenvalue weighted by molar-refractivity contribution is 5.98. The molecule has 0 radical (unpaired) electrons. The molecule has 0 saturated carbocycles. The number of ether oxygens (including phenoxy) is 3. The maximum atomic E-state index is 13.5. The van der Waals surface area contributed by atoms with Crippen LogP contribution in [0.25, 0.3) is 10.9 Å². The van der Waals surface area contributed by atoms with Gasteiger partial charge in [0.25, 0.3) is 5.91 Å². The number of benzene rings is 1. The second-order valence-electron chi connectivity index (χ2n) is 10.6. The molecule has 3 heterocycles. The van der Waals surface area contributed by atoms with Gasteiger partial charge < -0.3 is 29.0 Å². The van der Waals surface area contributed by atoms with E-state index in [0.29, 0.717) is 62.3 Å². The highest BCUT2D eigenvalue weighted by Crippen LogP contribution is 2.33. The smallest absolute Gasteiger partial charge is 0.410 e. The van der Waals surface area contributed by atoms with Gasteiger partial charge in [-0.1, -0.05) is 0 Å². The lowest BCUT2D eigenvalue weighted by atomic mass is 9.90. The van der Waals surface area contributed by atoms with Gasteiger partial charge in [0.2, 0.25) is 0 Å². The van der Waals surface area contributed by atoms with Crippen LogP contribution in [0.2, 0.25) is 0 Å². The summed E-state index contributed by atoms with van der Waals surface area (Å²) in [6.45, 7) is 7.78. The van der Waals surface area contributed by atoms with Gasteiger partial charge in [-0.2, -0.15) is 13.2 Å². The number of carbonyl (C=O) groups excluding carboxylic acids is 2. The van der Waals surface area contributed by atoms with Gasteiger partial charge in [0, 0.05) is 43.0 Å². The van der Waals surface area contributed by atoms with Crippen molar-refractivity contribution in [1.29, 1.82) is 0 Å². The third kappa shape index (κ3) is 7.30. The van der Waals surface area contributed by atoms with Crippen molar-refractivity contribution < 1.29 is 37.0 Å². The number of likely N-dealkylation sites (tertiary alicyclic amines) is 1. The zero-order valence-electron chi connectivity index (χ0n) is 21.4. The maximum absolute atomic E-state index is 13.5. The molecular formula is C26H34F3N3O5. The fraction of sp³-hybridized carbons (Fsp3) is 0.615. The summed E-state index contributed by atoms with van der Waals surface area (Å²) in [5, 5.41) is 0.666. The van der Waals surface area contributed by atoms with Crippen molar-refractivity contribution in [3.63, 3.8) is 0 Å². The van der Waals surface area contributed by atoms with Gasteiger partial charge in [0.1, 0.15) is 23.1 Å². The number of hydrogen-bond donors (Lipinski definition) is 1. The monoisotopic (exact) mass is 525 g/mol. The van der Waals surface area contributed by atoms with Gasteiger partial charge in [0.15, 0.2) is 0 Å². The Morgan fingerprint density at radius 1 is 1.11 bits per heavy atom. The normalized spacial score (nSPS) is 20.1. The topological polar surface area (TPSA) is 84.1 Å². The molecule has 2 aromatic rings.